The minimum atomic E-state index is -0.227. The van der Waals surface area contributed by atoms with E-state index in [-0.39, 0.29) is 18.0 Å². The van der Waals surface area contributed by atoms with Gasteiger partial charge < -0.3 is 9.64 Å². The zero-order valence-corrected chi connectivity index (χ0v) is 8.91. The summed E-state index contributed by atoms with van der Waals surface area (Å²) in [5.41, 5.74) is 0. The lowest BCUT2D eigenvalue weighted by molar-refractivity contribution is -0.121. The van der Waals surface area contributed by atoms with Gasteiger partial charge >= 0.3 is 6.09 Å². The van der Waals surface area contributed by atoms with Crippen LogP contribution in [0.15, 0.2) is 0 Å². The second kappa shape index (κ2) is 4.64. The van der Waals surface area contributed by atoms with Crippen molar-refractivity contribution in [3.8, 4) is 0 Å². The average molecular weight is 211 g/mol. The number of likely N-dealkylation sites (tertiary alicyclic amines) is 1. The van der Waals surface area contributed by atoms with Crippen LogP contribution in [0.2, 0.25) is 0 Å². The lowest BCUT2D eigenvalue weighted by Gasteiger charge is -2.26. The number of amides is 1. The first-order valence-electron chi connectivity index (χ1n) is 5.73. The molecule has 2 fully saturated rings. The third kappa shape index (κ3) is 2.70. The maximum absolute atomic E-state index is 11.7. The molecule has 4 nitrogen and oxygen atoms in total. The molecule has 84 valence electrons. The number of hydrogen-bond donors (Lipinski definition) is 0. The molecule has 2 rings (SSSR count). The van der Waals surface area contributed by atoms with Crippen molar-refractivity contribution >= 4 is 11.9 Å². The van der Waals surface area contributed by atoms with Crippen molar-refractivity contribution in [1.29, 1.82) is 0 Å². The van der Waals surface area contributed by atoms with Gasteiger partial charge in [0.2, 0.25) is 0 Å². The molecule has 0 spiro atoms. The van der Waals surface area contributed by atoms with Crippen molar-refractivity contribution in [2.75, 3.05) is 13.1 Å². The molecule has 0 unspecified atom stereocenters. The summed E-state index contributed by atoms with van der Waals surface area (Å²) in [6.07, 6.45) is 5.19. The molecule has 0 radical (unpaired) electrons. The lowest BCUT2D eigenvalue weighted by Crippen LogP contribution is -2.40. The standard InChI is InChI=1S/C11H17NO3/c13-9-5-7-12(8-6-9)11(14)15-10-3-1-2-4-10/h10H,1-8H2. The molecule has 1 heterocycles. The van der Waals surface area contributed by atoms with Gasteiger partial charge in [-0.2, -0.15) is 0 Å². The maximum atomic E-state index is 11.7. The van der Waals surface area contributed by atoms with Crippen LogP contribution >= 0.6 is 0 Å². The highest BCUT2D eigenvalue weighted by Gasteiger charge is 2.25. The zero-order chi connectivity index (χ0) is 10.7. The Morgan fingerprint density at radius 2 is 1.80 bits per heavy atom. The molecule has 15 heavy (non-hydrogen) atoms. The molecular weight excluding hydrogens is 194 g/mol. The van der Waals surface area contributed by atoms with E-state index >= 15 is 0 Å². The highest BCUT2D eigenvalue weighted by atomic mass is 16.6. The zero-order valence-electron chi connectivity index (χ0n) is 8.91. The molecule has 1 saturated carbocycles. The minimum absolute atomic E-state index is 0.120. The molecule has 2 aliphatic rings. The van der Waals surface area contributed by atoms with Crippen LogP contribution in [-0.2, 0) is 9.53 Å². The topological polar surface area (TPSA) is 46.6 Å². The maximum Gasteiger partial charge on any atom is 0.410 e. The van der Waals surface area contributed by atoms with Crippen LogP contribution in [0.4, 0.5) is 4.79 Å². The first-order chi connectivity index (χ1) is 7.25. The first-order valence-corrected chi connectivity index (χ1v) is 5.73. The number of rotatable bonds is 1. The van der Waals surface area contributed by atoms with Crippen LogP contribution in [0, 0.1) is 0 Å². The molecular formula is C11H17NO3. The van der Waals surface area contributed by atoms with E-state index in [0.29, 0.717) is 25.9 Å². The van der Waals surface area contributed by atoms with Gasteiger partial charge in [-0.05, 0) is 25.7 Å². The minimum Gasteiger partial charge on any atom is -0.446 e. The predicted octanol–water partition coefficient (Wildman–Crippen LogP) is 1.73. The van der Waals surface area contributed by atoms with Gasteiger partial charge in [0.1, 0.15) is 11.9 Å². The summed E-state index contributed by atoms with van der Waals surface area (Å²) < 4.78 is 5.36. The fourth-order valence-corrected chi connectivity index (χ4v) is 2.16. The number of carbonyl (C=O) groups excluding carboxylic acids is 2. The Kier molecular flexibility index (Phi) is 3.23. The molecule has 1 saturated heterocycles. The van der Waals surface area contributed by atoms with Crippen LogP contribution in [0.3, 0.4) is 0 Å². The SMILES string of the molecule is O=C1CCN(C(=O)OC2CCCC2)CC1. The fraction of sp³-hybridized carbons (Fsp3) is 0.818. The number of Topliss-reactive ketones (excluding diaryl/α,β-unsaturated/α-hetero) is 1. The average Bonchev–Trinajstić information content (AvgIpc) is 2.71. The molecule has 0 aromatic carbocycles. The van der Waals surface area contributed by atoms with E-state index in [1.165, 1.54) is 0 Å². The molecule has 1 aliphatic heterocycles. The van der Waals surface area contributed by atoms with Gasteiger partial charge in [-0.25, -0.2) is 4.79 Å². The first kappa shape index (κ1) is 10.5. The molecule has 1 amide bonds. The van der Waals surface area contributed by atoms with Crippen LogP contribution in [0.5, 0.6) is 0 Å². The van der Waals surface area contributed by atoms with Crippen molar-refractivity contribution in [2.24, 2.45) is 0 Å². The van der Waals surface area contributed by atoms with E-state index in [1.54, 1.807) is 4.90 Å². The fourth-order valence-electron chi connectivity index (χ4n) is 2.16. The highest BCUT2D eigenvalue weighted by Crippen LogP contribution is 2.22. The predicted molar refractivity (Wildman–Crippen MR) is 54.6 cm³/mol. The second-order valence-corrected chi connectivity index (χ2v) is 4.32. The lowest BCUT2D eigenvalue weighted by atomic mass is 10.1. The van der Waals surface area contributed by atoms with E-state index in [1.807, 2.05) is 0 Å². The van der Waals surface area contributed by atoms with Crippen LogP contribution in [-0.4, -0.2) is 36.0 Å². The Hall–Kier alpha value is -1.06. The molecule has 1 aliphatic carbocycles. The third-order valence-corrected chi connectivity index (χ3v) is 3.15. The molecule has 0 N–H and O–H groups in total. The molecule has 0 aromatic rings. The number of piperidine rings is 1. The van der Waals surface area contributed by atoms with E-state index in [4.69, 9.17) is 4.74 Å². The molecule has 4 heteroatoms. The van der Waals surface area contributed by atoms with Gasteiger partial charge in [-0.3, -0.25) is 4.79 Å². The largest absolute Gasteiger partial charge is 0.446 e. The van der Waals surface area contributed by atoms with E-state index in [9.17, 15) is 9.59 Å². The van der Waals surface area contributed by atoms with Crippen LogP contribution in [0.25, 0.3) is 0 Å². The number of carbonyl (C=O) groups is 2. The summed E-state index contributed by atoms with van der Waals surface area (Å²) in [4.78, 5) is 24.3. The Labute approximate surface area is 89.6 Å². The summed E-state index contributed by atoms with van der Waals surface area (Å²) in [5.74, 6) is 0.250. The van der Waals surface area contributed by atoms with Crippen molar-refractivity contribution in [2.45, 2.75) is 44.6 Å². The second-order valence-electron chi connectivity index (χ2n) is 4.32. The summed E-state index contributed by atoms with van der Waals surface area (Å²) in [7, 11) is 0. The van der Waals surface area contributed by atoms with Crippen molar-refractivity contribution in [3.63, 3.8) is 0 Å². The van der Waals surface area contributed by atoms with Gasteiger partial charge in [-0.1, -0.05) is 0 Å². The van der Waals surface area contributed by atoms with Crippen LogP contribution in [0.1, 0.15) is 38.5 Å². The van der Waals surface area contributed by atoms with Gasteiger partial charge in [-0.15, -0.1) is 0 Å². The Bertz CT molecular complexity index is 249. The van der Waals surface area contributed by atoms with Gasteiger partial charge in [0.25, 0.3) is 0 Å². The summed E-state index contributed by atoms with van der Waals surface area (Å²) in [6, 6.07) is 0. The number of ether oxygens (including phenoxy) is 1. The number of ketones is 1. The smallest absolute Gasteiger partial charge is 0.410 e. The van der Waals surface area contributed by atoms with Crippen molar-refractivity contribution in [3.05, 3.63) is 0 Å². The van der Waals surface area contributed by atoms with Crippen LogP contribution < -0.4 is 0 Å². The third-order valence-electron chi connectivity index (χ3n) is 3.15. The molecule has 0 atom stereocenters. The molecule has 0 bridgehead atoms. The van der Waals surface area contributed by atoms with Crippen molar-refractivity contribution < 1.29 is 14.3 Å². The van der Waals surface area contributed by atoms with Crippen molar-refractivity contribution in [1.82, 2.24) is 4.90 Å². The Balaban J connectivity index is 1.77. The van der Waals surface area contributed by atoms with E-state index in [2.05, 4.69) is 0 Å². The molecule has 0 aromatic heterocycles. The Morgan fingerprint density at radius 1 is 1.20 bits per heavy atom. The Morgan fingerprint density at radius 3 is 2.40 bits per heavy atom. The van der Waals surface area contributed by atoms with Gasteiger partial charge in [0.05, 0.1) is 0 Å². The highest BCUT2D eigenvalue weighted by molar-refractivity contribution is 5.81. The summed E-state index contributed by atoms with van der Waals surface area (Å²) in [6.45, 7) is 1.06. The monoisotopic (exact) mass is 211 g/mol. The number of hydrogen-bond acceptors (Lipinski definition) is 3. The summed E-state index contributed by atoms with van der Waals surface area (Å²) in [5, 5.41) is 0. The van der Waals surface area contributed by atoms with Gasteiger partial charge in [0.15, 0.2) is 0 Å². The number of nitrogens with zero attached hydrogens (tertiary/aromatic N) is 1. The normalized spacial score (nSPS) is 23.2. The van der Waals surface area contributed by atoms with E-state index < -0.39 is 0 Å². The van der Waals surface area contributed by atoms with Gasteiger partial charge in [0, 0.05) is 25.9 Å². The summed E-state index contributed by atoms with van der Waals surface area (Å²) >= 11 is 0. The van der Waals surface area contributed by atoms with E-state index in [0.717, 1.165) is 25.7 Å². The quantitative estimate of drug-likeness (QED) is 0.663.